The molecule has 2 unspecified atom stereocenters. The molecule has 4 rings (SSSR count). The minimum absolute atomic E-state index is 0.214. The van der Waals surface area contributed by atoms with Crippen LogP contribution < -0.4 is 0 Å². The van der Waals surface area contributed by atoms with Crippen LogP contribution in [0.4, 0.5) is 0 Å². The molecule has 1 N–H and O–H groups in total. The molecule has 1 aromatic heterocycles. The second-order valence-electron chi connectivity index (χ2n) is 7.44. The van der Waals surface area contributed by atoms with Crippen LogP contribution in [-0.4, -0.2) is 22.6 Å². The van der Waals surface area contributed by atoms with Gasteiger partial charge in [0.15, 0.2) is 0 Å². The molecule has 0 radical (unpaired) electrons. The van der Waals surface area contributed by atoms with E-state index in [4.69, 9.17) is 4.42 Å². The Bertz CT molecular complexity index is 709. The highest BCUT2D eigenvalue weighted by Gasteiger charge is 2.51. The third-order valence-corrected chi connectivity index (χ3v) is 6.56. The second kappa shape index (κ2) is 5.96. The van der Waals surface area contributed by atoms with Crippen molar-refractivity contribution in [2.75, 3.05) is 6.54 Å². The summed E-state index contributed by atoms with van der Waals surface area (Å²) in [4.78, 5) is 2.62. The van der Waals surface area contributed by atoms with E-state index in [0.717, 1.165) is 38.1 Å². The van der Waals surface area contributed by atoms with Crippen LogP contribution in [0, 0.1) is 5.92 Å². The molecule has 1 saturated heterocycles. The van der Waals surface area contributed by atoms with Gasteiger partial charge in [-0.05, 0) is 67.1 Å². The normalized spacial score (nSPS) is 29.4. The largest absolute Gasteiger partial charge is 0.508 e. The van der Waals surface area contributed by atoms with E-state index in [-0.39, 0.29) is 5.41 Å². The monoisotopic (exact) mass is 325 g/mol. The van der Waals surface area contributed by atoms with E-state index in [9.17, 15) is 5.11 Å². The van der Waals surface area contributed by atoms with E-state index in [0.29, 0.717) is 17.7 Å². The van der Waals surface area contributed by atoms with E-state index in [2.05, 4.69) is 30.9 Å². The van der Waals surface area contributed by atoms with E-state index in [1.165, 1.54) is 17.5 Å². The van der Waals surface area contributed by atoms with Gasteiger partial charge in [0, 0.05) is 11.5 Å². The zero-order valence-corrected chi connectivity index (χ0v) is 14.7. The van der Waals surface area contributed by atoms with Crippen molar-refractivity contribution in [1.29, 1.82) is 0 Å². The number of furan rings is 1. The molecule has 128 valence electrons. The first-order valence-electron chi connectivity index (χ1n) is 9.26. The first kappa shape index (κ1) is 15.8. The van der Waals surface area contributed by atoms with Gasteiger partial charge < -0.3 is 9.52 Å². The number of benzene rings is 1. The number of hydrogen-bond donors (Lipinski definition) is 1. The topological polar surface area (TPSA) is 36.6 Å². The molecule has 3 nitrogen and oxygen atoms in total. The summed E-state index contributed by atoms with van der Waals surface area (Å²) in [7, 11) is 0. The Morgan fingerprint density at radius 1 is 1.29 bits per heavy atom. The minimum atomic E-state index is 0.214. The number of fused-ring (bicyclic) bond motifs is 4. The van der Waals surface area contributed by atoms with E-state index in [1.54, 1.807) is 6.26 Å². The minimum Gasteiger partial charge on any atom is -0.508 e. The van der Waals surface area contributed by atoms with Gasteiger partial charge in [-0.2, -0.15) is 0 Å². The maximum Gasteiger partial charge on any atom is 0.117 e. The molecule has 0 amide bonds. The highest BCUT2D eigenvalue weighted by Crippen LogP contribution is 2.52. The molecule has 2 aliphatic rings. The van der Waals surface area contributed by atoms with Gasteiger partial charge in [-0.1, -0.05) is 26.3 Å². The van der Waals surface area contributed by atoms with Crippen molar-refractivity contribution < 1.29 is 9.52 Å². The van der Waals surface area contributed by atoms with Crippen molar-refractivity contribution in [1.82, 2.24) is 4.90 Å². The van der Waals surface area contributed by atoms with Gasteiger partial charge in [-0.15, -0.1) is 0 Å². The van der Waals surface area contributed by atoms with Crippen molar-refractivity contribution in [2.45, 2.75) is 57.5 Å². The van der Waals surface area contributed by atoms with E-state index < -0.39 is 0 Å². The predicted molar refractivity (Wildman–Crippen MR) is 95.1 cm³/mol. The molecule has 3 heteroatoms. The molecule has 0 spiro atoms. The third-order valence-electron chi connectivity index (χ3n) is 6.56. The molecular weight excluding hydrogens is 298 g/mol. The summed E-state index contributed by atoms with van der Waals surface area (Å²) in [6.45, 7) is 6.65. The number of piperidine rings is 1. The third kappa shape index (κ3) is 2.29. The van der Waals surface area contributed by atoms with Crippen molar-refractivity contribution in [3.8, 4) is 5.75 Å². The van der Waals surface area contributed by atoms with Crippen LogP contribution in [0.5, 0.6) is 5.75 Å². The molecule has 24 heavy (non-hydrogen) atoms. The van der Waals surface area contributed by atoms with Crippen LogP contribution in [0.2, 0.25) is 0 Å². The molecule has 0 saturated carbocycles. The highest BCUT2D eigenvalue weighted by atomic mass is 16.3. The summed E-state index contributed by atoms with van der Waals surface area (Å²) in [5.41, 5.74) is 3.05. The fraction of sp³-hybridized carbons (Fsp3) is 0.524. The standard InChI is InChI=1S/C21H27NO2/c1-3-18-20-12-15-7-8-16(23)13-19(15)21(18,4-2)9-10-22(20)14-17-6-5-11-24-17/h5-8,11,13,18,20,23H,3-4,9-10,12,14H2,1-2H3/t18-,20?,21?/m0/s1. The number of phenolic OH excluding ortho intramolecular Hbond substituents is 1. The Morgan fingerprint density at radius 3 is 2.88 bits per heavy atom. The lowest BCUT2D eigenvalue weighted by Crippen LogP contribution is -2.59. The molecule has 1 aliphatic carbocycles. The molecule has 1 fully saturated rings. The number of likely N-dealkylation sites (tertiary alicyclic amines) is 1. The van der Waals surface area contributed by atoms with Crippen LogP contribution in [-0.2, 0) is 18.4 Å². The Kier molecular flexibility index (Phi) is 3.92. The summed E-state index contributed by atoms with van der Waals surface area (Å²) in [5, 5.41) is 10.1. The van der Waals surface area contributed by atoms with Gasteiger partial charge in [0.25, 0.3) is 0 Å². The fourth-order valence-electron chi connectivity index (χ4n) is 5.45. The molecule has 1 aromatic carbocycles. The maximum atomic E-state index is 10.1. The van der Waals surface area contributed by atoms with Crippen LogP contribution in [0.15, 0.2) is 41.0 Å². The van der Waals surface area contributed by atoms with E-state index in [1.807, 2.05) is 18.2 Å². The van der Waals surface area contributed by atoms with Crippen molar-refractivity contribution in [2.24, 2.45) is 5.92 Å². The summed E-state index contributed by atoms with van der Waals surface area (Å²) in [6.07, 6.45) is 6.34. The summed E-state index contributed by atoms with van der Waals surface area (Å²) in [5.74, 6) is 2.11. The molecule has 3 atom stereocenters. The Hall–Kier alpha value is -1.74. The van der Waals surface area contributed by atoms with Gasteiger partial charge in [0.1, 0.15) is 11.5 Å². The van der Waals surface area contributed by atoms with Gasteiger partial charge in [0.05, 0.1) is 12.8 Å². The van der Waals surface area contributed by atoms with Crippen molar-refractivity contribution >= 4 is 0 Å². The Balaban J connectivity index is 1.74. The first-order chi connectivity index (χ1) is 11.7. The van der Waals surface area contributed by atoms with Crippen molar-refractivity contribution in [3.05, 3.63) is 53.5 Å². The van der Waals surface area contributed by atoms with Crippen LogP contribution >= 0.6 is 0 Å². The first-order valence-corrected chi connectivity index (χ1v) is 9.26. The average Bonchev–Trinajstić information content (AvgIpc) is 3.10. The fourth-order valence-corrected chi connectivity index (χ4v) is 5.45. The highest BCUT2D eigenvalue weighted by molar-refractivity contribution is 5.44. The zero-order chi connectivity index (χ0) is 16.7. The lowest BCUT2D eigenvalue weighted by molar-refractivity contribution is 0.000801. The van der Waals surface area contributed by atoms with Crippen LogP contribution in [0.25, 0.3) is 0 Å². The van der Waals surface area contributed by atoms with Gasteiger partial charge >= 0.3 is 0 Å². The molecular formula is C21H27NO2. The molecule has 2 aromatic rings. The molecule has 2 heterocycles. The van der Waals surface area contributed by atoms with Gasteiger partial charge in [-0.3, -0.25) is 4.90 Å². The summed E-state index contributed by atoms with van der Waals surface area (Å²) >= 11 is 0. The predicted octanol–water partition coefficient (Wildman–Crippen LogP) is 4.49. The zero-order valence-electron chi connectivity index (χ0n) is 14.7. The van der Waals surface area contributed by atoms with E-state index >= 15 is 0 Å². The quantitative estimate of drug-likeness (QED) is 0.900. The Labute approximate surface area is 144 Å². The average molecular weight is 325 g/mol. The summed E-state index contributed by atoms with van der Waals surface area (Å²) in [6, 6.07) is 10.7. The summed E-state index contributed by atoms with van der Waals surface area (Å²) < 4.78 is 5.60. The number of nitrogens with zero attached hydrogens (tertiary/aromatic N) is 1. The van der Waals surface area contributed by atoms with Crippen LogP contribution in [0.3, 0.4) is 0 Å². The molecule has 1 aliphatic heterocycles. The molecule has 2 bridgehead atoms. The SMILES string of the molecule is CC[C@H]1C2Cc3ccc(O)cc3C1(CC)CCN2Cc1ccco1. The maximum absolute atomic E-state index is 10.1. The Morgan fingerprint density at radius 2 is 2.17 bits per heavy atom. The van der Waals surface area contributed by atoms with Crippen molar-refractivity contribution in [3.63, 3.8) is 0 Å². The number of phenols is 1. The number of aromatic hydroxyl groups is 1. The smallest absolute Gasteiger partial charge is 0.117 e. The van der Waals surface area contributed by atoms with Gasteiger partial charge in [-0.25, -0.2) is 0 Å². The lowest BCUT2D eigenvalue weighted by atomic mass is 9.55. The van der Waals surface area contributed by atoms with Gasteiger partial charge in [0.2, 0.25) is 0 Å². The second-order valence-corrected chi connectivity index (χ2v) is 7.44. The number of hydrogen-bond acceptors (Lipinski definition) is 3. The number of rotatable bonds is 4. The lowest BCUT2D eigenvalue weighted by Gasteiger charge is -2.57. The van der Waals surface area contributed by atoms with Crippen LogP contribution in [0.1, 0.15) is 50.0 Å².